The van der Waals surface area contributed by atoms with Crippen molar-refractivity contribution >= 4 is 17.4 Å². The van der Waals surface area contributed by atoms with Crippen molar-refractivity contribution in [1.82, 2.24) is 9.88 Å². The molecule has 1 aromatic rings. The van der Waals surface area contributed by atoms with Crippen LogP contribution in [0.1, 0.15) is 18.4 Å². The summed E-state index contributed by atoms with van der Waals surface area (Å²) in [5.74, 6) is 0.856. The van der Waals surface area contributed by atoms with E-state index in [1.165, 1.54) is 0 Å². The standard InChI is InChI=1S/C13H21ClN4/c1-17-7-4-11(5-8-17)18(2)13-12(14)10(9-15)3-6-16-13/h3,6,11H,4-5,7-9,15H2,1-2H3. The topological polar surface area (TPSA) is 45.4 Å². The van der Waals surface area contributed by atoms with Crippen LogP contribution >= 0.6 is 11.6 Å². The Morgan fingerprint density at radius 1 is 1.50 bits per heavy atom. The van der Waals surface area contributed by atoms with E-state index in [2.05, 4.69) is 28.9 Å². The highest BCUT2D eigenvalue weighted by Gasteiger charge is 2.23. The van der Waals surface area contributed by atoms with Crippen molar-refractivity contribution in [3.63, 3.8) is 0 Å². The van der Waals surface area contributed by atoms with Crippen molar-refractivity contribution in [3.05, 3.63) is 22.8 Å². The molecule has 0 unspecified atom stereocenters. The van der Waals surface area contributed by atoms with Gasteiger partial charge in [0, 0.05) is 25.8 Å². The van der Waals surface area contributed by atoms with Crippen LogP contribution in [0.25, 0.3) is 0 Å². The molecule has 4 nitrogen and oxygen atoms in total. The van der Waals surface area contributed by atoms with Gasteiger partial charge in [0.1, 0.15) is 5.82 Å². The number of likely N-dealkylation sites (tertiary alicyclic amines) is 1. The molecule has 0 amide bonds. The molecular formula is C13H21ClN4. The average molecular weight is 269 g/mol. The molecule has 1 fully saturated rings. The van der Waals surface area contributed by atoms with Crippen molar-refractivity contribution in [2.45, 2.75) is 25.4 Å². The zero-order chi connectivity index (χ0) is 13.1. The summed E-state index contributed by atoms with van der Waals surface area (Å²) >= 11 is 6.36. The van der Waals surface area contributed by atoms with E-state index in [-0.39, 0.29) is 0 Å². The predicted molar refractivity (Wildman–Crippen MR) is 76.1 cm³/mol. The average Bonchev–Trinajstić information content (AvgIpc) is 2.39. The maximum atomic E-state index is 6.36. The zero-order valence-corrected chi connectivity index (χ0v) is 11.8. The summed E-state index contributed by atoms with van der Waals surface area (Å²) in [5.41, 5.74) is 6.64. The molecule has 2 N–H and O–H groups in total. The Bertz CT molecular complexity index is 402. The molecule has 1 aromatic heterocycles. The lowest BCUT2D eigenvalue weighted by atomic mass is 10.0. The van der Waals surface area contributed by atoms with E-state index >= 15 is 0 Å². The predicted octanol–water partition coefficient (Wildman–Crippen LogP) is 1.72. The van der Waals surface area contributed by atoms with E-state index in [9.17, 15) is 0 Å². The molecule has 1 saturated heterocycles. The van der Waals surface area contributed by atoms with Crippen LogP contribution in [0.3, 0.4) is 0 Å². The van der Waals surface area contributed by atoms with Crippen LogP contribution in [0.4, 0.5) is 5.82 Å². The Labute approximate surface area is 114 Å². The molecule has 100 valence electrons. The minimum absolute atomic E-state index is 0.454. The summed E-state index contributed by atoms with van der Waals surface area (Å²) in [6.07, 6.45) is 4.09. The van der Waals surface area contributed by atoms with Gasteiger partial charge in [0.15, 0.2) is 0 Å². The maximum absolute atomic E-state index is 6.36. The van der Waals surface area contributed by atoms with Crippen molar-refractivity contribution < 1.29 is 0 Å². The number of anilines is 1. The number of hydrogen-bond donors (Lipinski definition) is 1. The monoisotopic (exact) mass is 268 g/mol. The summed E-state index contributed by atoms with van der Waals surface area (Å²) in [4.78, 5) is 8.97. The van der Waals surface area contributed by atoms with Crippen molar-refractivity contribution in [2.24, 2.45) is 5.73 Å². The molecule has 5 heteroatoms. The molecule has 0 atom stereocenters. The number of piperidine rings is 1. The number of nitrogens with zero attached hydrogens (tertiary/aromatic N) is 3. The summed E-state index contributed by atoms with van der Waals surface area (Å²) in [6.45, 7) is 2.71. The SMILES string of the molecule is CN1CCC(N(C)c2nccc(CN)c2Cl)CC1. The molecule has 2 heterocycles. The molecule has 0 bridgehead atoms. The number of rotatable bonds is 3. The van der Waals surface area contributed by atoms with Crippen LogP contribution in [0.5, 0.6) is 0 Å². The summed E-state index contributed by atoms with van der Waals surface area (Å²) < 4.78 is 0. The summed E-state index contributed by atoms with van der Waals surface area (Å²) in [7, 11) is 4.24. The van der Waals surface area contributed by atoms with E-state index in [1.54, 1.807) is 6.20 Å². The van der Waals surface area contributed by atoms with Crippen molar-refractivity contribution in [3.8, 4) is 0 Å². The smallest absolute Gasteiger partial charge is 0.147 e. The first-order chi connectivity index (χ1) is 8.63. The van der Waals surface area contributed by atoms with Gasteiger partial charge in [0.2, 0.25) is 0 Å². The molecular weight excluding hydrogens is 248 g/mol. The van der Waals surface area contributed by atoms with Gasteiger partial charge < -0.3 is 15.5 Å². The second-order valence-corrected chi connectivity index (χ2v) is 5.34. The Morgan fingerprint density at radius 2 is 2.17 bits per heavy atom. The minimum Gasteiger partial charge on any atom is -0.355 e. The largest absolute Gasteiger partial charge is 0.355 e. The van der Waals surface area contributed by atoms with E-state index in [1.807, 2.05) is 6.07 Å². The minimum atomic E-state index is 0.454. The Kier molecular flexibility index (Phi) is 4.43. The number of halogens is 1. The highest BCUT2D eigenvalue weighted by atomic mass is 35.5. The van der Waals surface area contributed by atoms with Crippen LogP contribution in [-0.4, -0.2) is 43.1 Å². The van der Waals surface area contributed by atoms with E-state index < -0.39 is 0 Å². The van der Waals surface area contributed by atoms with E-state index in [0.717, 1.165) is 37.3 Å². The lowest BCUT2D eigenvalue weighted by Crippen LogP contribution is -2.42. The second kappa shape index (κ2) is 5.87. The van der Waals surface area contributed by atoms with Gasteiger partial charge in [-0.05, 0) is 44.6 Å². The molecule has 0 saturated carbocycles. The maximum Gasteiger partial charge on any atom is 0.147 e. The lowest BCUT2D eigenvalue weighted by molar-refractivity contribution is 0.252. The van der Waals surface area contributed by atoms with Crippen LogP contribution in [0.2, 0.25) is 5.02 Å². The van der Waals surface area contributed by atoms with Gasteiger partial charge in [-0.25, -0.2) is 4.98 Å². The molecule has 2 rings (SSSR count). The second-order valence-electron chi connectivity index (χ2n) is 4.96. The molecule has 0 radical (unpaired) electrons. The Hall–Kier alpha value is -0.840. The third-order valence-corrected chi connectivity index (χ3v) is 4.15. The molecule has 0 spiro atoms. The van der Waals surface area contributed by atoms with Crippen molar-refractivity contribution in [2.75, 3.05) is 32.1 Å². The van der Waals surface area contributed by atoms with Crippen LogP contribution in [-0.2, 0) is 6.54 Å². The van der Waals surface area contributed by atoms with Gasteiger partial charge >= 0.3 is 0 Å². The fourth-order valence-corrected chi connectivity index (χ4v) is 2.75. The fraction of sp³-hybridized carbons (Fsp3) is 0.615. The van der Waals surface area contributed by atoms with Gasteiger partial charge in [-0.1, -0.05) is 11.6 Å². The van der Waals surface area contributed by atoms with Gasteiger partial charge in [-0.3, -0.25) is 0 Å². The summed E-state index contributed by atoms with van der Waals surface area (Å²) in [5, 5.41) is 0.696. The lowest BCUT2D eigenvalue weighted by Gasteiger charge is -2.36. The highest BCUT2D eigenvalue weighted by molar-refractivity contribution is 6.33. The van der Waals surface area contributed by atoms with E-state index in [0.29, 0.717) is 17.6 Å². The Balaban J connectivity index is 2.15. The third-order valence-electron chi connectivity index (χ3n) is 3.74. The number of pyridine rings is 1. The quantitative estimate of drug-likeness (QED) is 0.907. The highest BCUT2D eigenvalue weighted by Crippen LogP contribution is 2.29. The van der Waals surface area contributed by atoms with Gasteiger partial charge in [-0.15, -0.1) is 0 Å². The third kappa shape index (κ3) is 2.76. The Morgan fingerprint density at radius 3 is 2.78 bits per heavy atom. The first-order valence-electron chi connectivity index (χ1n) is 6.38. The van der Waals surface area contributed by atoms with Gasteiger partial charge in [0.05, 0.1) is 5.02 Å². The first kappa shape index (κ1) is 13.6. The number of nitrogens with two attached hydrogens (primary N) is 1. The zero-order valence-electron chi connectivity index (χ0n) is 11.1. The molecule has 0 aromatic carbocycles. The summed E-state index contributed by atoms with van der Waals surface area (Å²) in [6, 6.07) is 2.40. The van der Waals surface area contributed by atoms with Crippen molar-refractivity contribution in [1.29, 1.82) is 0 Å². The number of aromatic nitrogens is 1. The molecule has 1 aliphatic heterocycles. The molecule has 18 heavy (non-hydrogen) atoms. The molecule has 0 aliphatic carbocycles. The molecule has 1 aliphatic rings. The normalized spacial score (nSPS) is 18.0. The van der Waals surface area contributed by atoms with Gasteiger partial charge in [0.25, 0.3) is 0 Å². The fourth-order valence-electron chi connectivity index (χ4n) is 2.43. The number of hydrogen-bond acceptors (Lipinski definition) is 4. The van der Waals surface area contributed by atoms with Gasteiger partial charge in [-0.2, -0.15) is 0 Å². The van der Waals surface area contributed by atoms with Crippen LogP contribution < -0.4 is 10.6 Å². The van der Waals surface area contributed by atoms with Crippen LogP contribution in [0.15, 0.2) is 12.3 Å². The van der Waals surface area contributed by atoms with Crippen LogP contribution in [0, 0.1) is 0 Å². The van der Waals surface area contributed by atoms with E-state index in [4.69, 9.17) is 17.3 Å². The first-order valence-corrected chi connectivity index (χ1v) is 6.76.